The number of aliphatic hydroxyl groups is 1. The molecule has 1 aliphatic rings. The molecule has 0 aliphatic carbocycles. The van der Waals surface area contributed by atoms with Crippen molar-refractivity contribution >= 4 is 0 Å². The zero-order chi connectivity index (χ0) is 15.9. The van der Waals surface area contributed by atoms with Crippen LogP contribution in [0.25, 0.3) is 0 Å². The van der Waals surface area contributed by atoms with E-state index >= 15 is 0 Å². The molecule has 0 aromatic carbocycles. The molecule has 3 rings (SSSR count). The van der Waals surface area contributed by atoms with Crippen LogP contribution in [0.2, 0.25) is 0 Å². The second-order valence-electron chi connectivity index (χ2n) is 6.01. The van der Waals surface area contributed by atoms with E-state index in [9.17, 15) is 5.11 Å². The van der Waals surface area contributed by atoms with Gasteiger partial charge in [-0.05, 0) is 31.5 Å². The number of hydrogen-bond acceptors (Lipinski definition) is 6. The van der Waals surface area contributed by atoms with Gasteiger partial charge in [-0.2, -0.15) is 5.10 Å². The van der Waals surface area contributed by atoms with E-state index in [1.165, 1.54) is 12.8 Å². The van der Waals surface area contributed by atoms with Gasteiger partial charge in [-0.3, -0.25) is 9.58 Å². The van der Waals surface area contributed by atoms with Crippen LogP contribution in [0.15, 0.2) is 35.5 Å². The highest BCUT2D eigenvalue weighted by Crippen LogP contribution is 2.18. The number of likely N-dealkylation sites (tertiary alicyclic amines) is 1. The van der Waals surface area contributed by atoms with Crippen molar-refractivity contribution < 1.29 is 14.3 Å². The normalized spacial score (nSPS) is 20.7. The lowest BCUT2D eigenvalue weighted by atomic mass is 10.0. The van der Waals surface area contributed by atoms with Crippen LogP contribution in [0, 0.1) is 0 Å². The summed E-state index contributed by atoms with van der Waals surface area (Å²) in [6.07, 6.45) is 7.95. The quantitative estimate of drug-likeness (QED) is 0.790. The number of piperidine rings is 1. The first-order valence-electron chi connectivity index (χ1n) is 8.16. The van der Waals surface area contributed by atoms with Gasteiger partial charge < -0.3 is 14.3 Å². The van der Waals surface area contributed by atoms with Crippen LogP contribution in [0.5, 0.6) is 0 Å². The minimum Gasteiger partial charge on any atom is -0.467 e. The fourth-order valence-corrected chi connectivity index (χ4v) is 3.06. The van der Waals surface area contributed by atoms with Gasteiger partial charge in [-0.25, -0.2) is 4.98 Å². The highest BCUT2D eigenvalue weighted by molar-refractivity contribution is 4.96. The third-order valence-electron chi connectivity index (χ3n) is 4.19. The number of nitrogens with zero attached hydrogens (tertiary/aromatic N) is 4. The largest absolute Gasteiger partial charge is 0.467 e. The Morgan fingerprint density at radius 2 is 2.39 bits per heavy atom. The van der Waals surface area contributed by atoms with Crippen molar-refractivity contribution in [3.8, 4) is 0 Å². The zero-order valence-corrected chi connectivity index (χ0v) is 13.3. The molecule has 2 aromatic rings. The summed E-state index contributed by atoms with van der Waals surface area (Å²) in [5.74, 6) is 0.777. The number of aliphatic hydroxyl groups excluding tert-OH is 1. The molecule has 2 atom stereocenters. The molecule has 0 unspecified atom stereocenters. The molecule has 7 heteroatoms. The minimum absolute atomic E-state index is 0.313. The molecular formula is C16H24N4O3. The lowest BCUT2D eigenvalue weighted by Crippen LogP contribution is -2.46. The lowest BCUT2D eigenvalue weighted by molar-refractivity contribution is -0.00929. The molecule has 0 spiro atoms. The Morgan fingerprint density at radius 3 is 3.17 bits per heavy atom. The van der Waals surface area contributed by atoms with E-state index in [-0.39, 0.29) is 0 Å². The molecule has 0 amide bonds. The molecule has 23 heavy (non-hydrogen) atoms. The second kappa shape index (κ2) is 8.24. The van der Waals surface area contributed by atoms with E-state index < -0.39 is 6.10 Å². The summed E-state index contributed by atoms with van der Waals surface area (Å²) < 4.78 is 12.6. The predicted molar refractivity (Wildman–Crippen MR) is 83.6 cm³/mol. The number of β-amino-alcohol motifs (C(OH)–C–C–N with tert-alkyl or cyclic N) is 1. The molecule has 1 fully saturated rings. The average molecular weight is 320 g/mol. The highest BCUT2D eigenvalue weighted by Gasteiger charge is 2.25. The summed E-state index contributed by atoms with van der Waals surface area (Å²) in [6.45, 7) is 3.16. The van der Waals surface area contributed by atoms with E-state index in [1.54, 1.807) is 18.9 Å². The number of furan rings is 1. The van der Waals surface area contributed by atoms with Crippen LogP contribution in [0.4, 0.5) is 0 Å². The minimum atomic E-state index is -0.499. The Balaban J connectivity index is 1.44. The topological polar surface area (TPSA) is 76.6 Å². The number of hydrogen-bond donors (Lipinski definition) is 1. The molecule has 1 saturated heterocycles. The number of rotatable bonds is 8. The number of aromatic nitrogens is 3. The molecule has 3 heterocycles. The Bertz CT molecular complexity index is 544. The van der Waals surface area contributed by atoms with Crippen LogP contribution in [0.1, 0.15) is 25.0 Å². The van der Waals surface area contributed by atoms with Gasteiger partial charge in [-0.1, -0.05) is 6.42 Å². The molecule has 126 valence electrons. The van der Waals surface area contributed by atoms with Gasteiger partial charge in [0.05, 0.1) is 25.5 Å². The van der Waals surface area contributed by atoms with Crippen LogP contribution in [0.3, 0.4) is 0 Å². The third kappa shape index (κ3) is 4.89. The summed E-state index contributed by atoms with van der Waals surface area (Å²) in [6, 6.07) is 4.09. The van der Waals surface area contributed by atoms with Crippen molar-refractivity contribution in [2.75, 3.05) is 19.7 Å². The van der Waals surface area contributed by atoms with Crippen molar-refractivity contribution in [1.29, 1.82) is 0 Å². The highest BCUT2D eigenvalue weighted by atomic mass is 16.5. The fraction of sp³-hybridized carbons (Fsp3) is 0.625. The third-order valence-corrected chi connectivity index (χ3v) is 4.19. The summed E-state index contributed by atoms with van der Waals surface area (Å²) in [5.41, 5.74) is 0. The summed E-state index contributed by atoms with van der Waals surface area (Å²) in [5, 5.41) is 14.4. The SMILES string of the molecule is O[C@H](COCc1ccco1)CN1CCCC[C@@H]1Cn1cncn1. The van der Waals surface area contributed by atoms with Gasteiger partial charge in [0.1, 0.15) is 25.0 Å². The molecule has 1 aliphatic heterocycles. The van der Waals surface area contributed by atoms with Crippen molar-refractivity contribution in [3.63, 3.8) is 0 Å². The predicted octanol–water partition coefficient (Wildman–Crippen LogP) is 1.30. The van der Waals surface area contributed by atoms with Crippen molar-refractivity contribution in [1.82, 2.24) is 19.7 Å². The lowest BCUT2D eigenvalue weighted by Gasteiger charge is -2.36. The van der Waals surface area contributed by atoms with Gasteiger partial charge in [-0.15, -0.1) is 0 Å². The van der Waals surface area contributed by atoms with Gasteiger partial charge in [0, 0.05) is 12.6 Å². The van der Waals surface area contributed by atoms with Crippen molar-refractivity contribution in [2.45, 2.75) is 44.6 Å². The van der Waals surface area contributed by atoms with Crippen LogP contribution >= 0.6 is 0 Å². The molecule has 0 bridgehead atoms. The van der Waals surface area contributed by atoms with E-state index in [1.807, 2.05) is 16.8 Å². The average Bonchev–Trinajstić information content (AvgIpc) is 3.23. The zero-order valence-electron chi connectivity index (χ0n) is 13.3. The van der Waals surface area contributed by atoms with E-state index in [0.29, 0.717) is 25.8 Å². The van der Waals surface area contributed by atoms with Crippen LogP contribution < -0.4 is 0 Å². The van der Waals surface area contributed by atoms with E-state index in [4.69, 9.17) is 9.15 Å². The Morgan fingerprint density at radius 1 is 1.43 bits per heavy atom. The molecule has 7 nitrogen and oxygen atoms in total. The maximum Gasteiger partial charge on any atom is 0.137 e. The summed E-state index contributed by atoms with van der Waals surface area (Å²) in [7, 11) is 0. The van der Waals surface area contributed by atoms with Gasteiger partial charge in [0.25, 0.3) is 0 Å². The standard InChI is InChI=1S/C16H24N4O3/c21-15(10-22-11-16-5-3-7-23-16)9-19-6-2-1-4-14(19)8-20-13-17-12-18-20/h3,5,7,12-15,21H,1-2,4,6,8-11H2/t14-,15+/m1/s1. The fourth-order valence-electron chi connectivity index (χ4n) is 3.06. The molecule has 0 saturated carbocycles. The van der Waals surface area contributed by atoms with E-state index in [0.717, 1.165) is 25.3 Å². The molecule has 2 aromatic heterocycles. The molecule has 0 radical (unpaired) electrons. The monoisotopic (exact) mass is 320 g/mol. The first-order chi connectivity index (χ1) is 11.3. The number of ether oxygens (including phenoxy) is 1. The second-order valence-corrected chi connectivity index (χ2v) is 6.01. The Labute approximate surface area is 135 Å². The van der Waals surface area contributed by atoms with Gasteiger partial charge in [0.15, 0.2) is 0 Å². The molecule has 1 N–H and O–H groups in total. The van der Waals surface area contributed by atoms with Crippen LogP contribution in [-0.4, -0.2) is 56.6 Å². The van der Waals surface area contributed by atoms with Crippen LogP contribution in [-0.2, 0) is 17.9 Å². The van der Waals surface area contributed by atoms with Crippen molar-refractivity contribution in [2.24, 2.45) is 0 Å². The first-order valence-corrected chi connectivity index (χ1v) is 8.16. The maximum absolute atomic E-state index is 10.2. The molecular weight excluding hydrogens is 296 g/mol. The van der Waals surface area contributed by atoms with Gasteiger partial charge >= 0.3 is 0 Å². The summed E-state index contributed by atoms with van der Waals surface area (Å²) >= 11 is 0. The Kier molecular flexibility index (Phi) is 5.79. The Hall–Kier alpha value is -1.70. The van der Waals surface area contributed by atoms with Crippen molar-refractivity contribution in [3.05, 3.63) is 36.8 Å². The van der Waals surface area contributed by atoms with E-state index in [2.05, 4.69) is 15.0 Å². The summed E-state index contributed by atoms with van der Waals surface area (Å²) in [4.78, 5) is 6.33. The first kappa shape index (κ1) is 16.2. The maximum atomic E-state index is 10.2. The van der Waals surface area contributed by atoms with Gasteiger partial charge in [0.2, 0.25) is 0 Å². The smallest absolute Gasteiger partial charge is 0.137 e.